The van der Waals surface area contributed by atoms with Crippen molar-refractivity contribution in [3.8, 4) is 0 Å². The molecule has 0 unspecified atom stereocenters. The molecule has 0 aromatic heterocycles. The van der Waals surface area contributed by atoms with Gasteiger partial charge in [-0.2, -0.15) is 0 Å². The van der Waals surface area contributed by atoms with E-state index in [2.05, 4.69) is 0 Å². The topological polar surface area (TPSA) is 63.5 Å². The van der Waals surface area contributed by atoms with Crippen molar-refractivity contribution < 1.29 is 43.9 Å². The maximum absolute atomic E-state index is 10.6. The van der Waals surface area contributed by atoms with Gasteiger partial charge in [-0.05, 0) is 5.19 Å². The minimum absolute atomic E-state index is 0. The molecule has 3 nitrogen and oxygen atoms in total. The van der Waals surface area contributed by atoms with Crippen molar-refractivity contribution in [3.63, 3.8) is 0 Å². The van der Waals surface area contributed by atoms with Crippen LogP contribution in [0.1, 0.15) is 0 Å². The average Bonchev–Trinajstić information content (AvgIpc) is 1.88. The monoisotopic (exact) mass is 178 g/mol. The van der Waals surface area contributed by atoms with E-state index in [0.29, 0.717) is 0 Å². The first-order valence-electron chi connectivity index (χ1n) is 2.81. The van der Waals surface area contributed by atoms with E-state index in [4.69, 9.17) is 9.59 Å². The summed E-state index contributed by atoms with van der Waals surface area (Å²) < 4.78 is 0. The van der Waals surface area contributed by atoms with Crippen LogP contribution in [0.4, 0.5) is 0 Å². The Morgan fingerprint density at radius 3 is 1.82 bits per heavy atom. The predicted molar refractivity (Wildman–Crippen MR) is 36.3 cm³/mol. The van der Waals surface area contributed by atoms with Gasteiger partial charge < -0.3 is 14.4 Å². The molecule has 0 fully saturated rings. The fourth-order valence-corrected chi connectivity index (χ4v) is 1.28. The van der Waals surface area contributed by atoms with Crippen LogP contribution < -0.4 is 39.5 Å². The summed E-state index contributed by atoms with van der Waals surface area (Å²) in [4.78, 5) is 27.8. The summed E-state index contributed by atoms with van der Waals surface area (Å²) in [6, 6.07) is 7.74. The molecule has 0 spiro atoms. The average molecular weight is 178 g/mol. The number of hydrogen-bond donors (Lipinski definition) is 2. The first-order valence-corrected chi connectivity index (χ1v) is 4.61. The second-order valence-corrected chi connectivity index (χ2v) is 3.77. The number of rotatable bonds is 1. The molecule has 0 aliphatic rings. The van der Waals surface area contributed by atoms with Crippen LogP contribution in [0.2, 0.25) is 0 Å². The van der Waals surface area contributed by atoms with Gasteiger partial charge in [0.05, 0.1) is 0 Å². The van der Waals surface area contributed by atoms with Gasteiger partial charge in [-0.15, -0.1) is 0 Å². The molecule has 0 aliphatic carbocycles. The van der Waals surface area contributed by atoms with Crippen LogP contribution in [-0.2, 0) is 0 Å². The minimum atomic E-state index is -4.28. The normalized spacial score (nSPS) is 10.5. The molecule has 0 amide bonds. The first-order chi connectivity index (χ1) is 4.61. The maximum Gasteiger partial charge on any atom is 1.00 e. The van der Waals surface area contributed by atoms with Gasteiger partial charge in [0.2, 0.25) is 0 Å². The molecule has 1 rings (SSSR count). The van der Waals surface area contributed by atoms with Gasteiger partial charge in [-0.1, -0.05) is 30.3 Å². The quantitative estimate of drug-likeness (QED) is 0.424. The van der Waals surface area contributed by atoms with Crippen molar-refractivity contribution >= 4 is 14.0 Å². The summed E-state index contributed by atoms with van der Waals surface area (Å²) in [5, 5.41) is 0.0926. The van der Waals surface area contributed by atoms with E-state index in [9.17, 15) is 4.80 Å². The Labute approximate surface area is 88.0 Å². The maximum atomic E-state index is 10.6. The molecular weight excluding hydrogens is 171 g/mol. The zero-order valence-electron chi connectivity index (χ0n) is 6.19. The molecule has 1 aromatic rings. The summed E-state index contributed by atoms with van der Waals surface area (Å²) in [7, 11) is -4.28. The molecule has 11 heavy (non-hydrogen) atoms. The Bertz CT molecular complexity index is 209. The largest absolute Gasteiger partial charge is 1.00 e. The predicted octanol–water partition coefficient (Wildman–Crippen LogP) is -4.82. The Morgan fingerprint density at radius 1 is 1.09 bits per heavy atom. The summed E-state index contributed by atoms with van der Waals surface area (Å²) in [6.07, 6.45) is 0. The van der Waals surface area contributed by atoms with Crippen LogP contribution >= 0.6 is 0 Å². The first kappa shape index (κ1) is 11.3. The second kappa shape index (κ2) is 4.37. The van der Waals surface area contributed by atoms with Gasteiger partial charge in [0.1, 0.15) is 0 Å². The van der Waals surface area contributed by atoms with Crippen LogP contribution in [0.3, 0.4) is 0 Å². The molecule has 0 atom stereocenters. The van der Waals surface area contributed by atoms with E-state index in [1.54, 1.807) is 18.2 Å². The molecule has 0 bridgehead atoms. The summed E-state index contributed by atoms with van der Waals surface area (Å²) in [5.41, 5.74) is 0. The van der Waals surface area contributed by atoms with Crippen molar-refractivity contribution in [2.75, 3.05) is 0 Å². The minimum Gasteiger partial charge on any atom is -0.813 e. The molecule has 54 valence electrons. The third-order valence-electron chi connectivity index (χ3n) is 1.15. The van der Waals surface area contributed by atoms with Crippen LogP contribution in [0.25, 0.3) is 0 Å². The van der Waals surface area contributed by atoms with Gasteiger partial charge in [0.15, 0.2) is 0 Å². The smallest absolute Gasteiger partial charge is 0.813 e. The van der Waals surface area contributed by atoms with Crippen molar-refractivity contribution in [1.82, 2.24) is 0 Å². The zero-order chi connectivity index (χ0) is 7.61. The van der Waals surface area contributed by atoms with Crippen LogP contribution in [0, 0.1) is 0 Å². The molecule has 0 saturated heterocycles. The summed E-state index contributed by atoms with van der Waals surface area (Å²) in [5.74, 6) is 0. The van der Waals surface area contributed by atoms with Gasteiger partial charge in [-0.3, -0.25) is 0 Å². The molecular formula is C6H7NaO3Si. The third-order valence-corrected chi connectivity index (χ3v) is 2.24. The zero-order valence-corrected chi connectivity index (χ0v) is 9.19. The third kappa shape index (κ3) is 3.48. The molecule has 1 aromatic carbocycles. The fraction of sp³-hybridized carbons (Fsp3) is 0. The second-order valence-electron chi connectivity index (χ2n) is 1.97. The van der Waals surface area contributed by atoms with E-state index in [0.717, 1.165) is 0 Å². The van der Waals surface area contributed by atoms with Crippen molar-refractivity contribution in [2.45, 2.75) is 0 Å². The summed E-state index contributed by atoms with van der Waals surface area (Å²) in [6.45, 7) is 0. The van der Waals surface area contributed by atoms with E-state index >= 15 is 0 Å². The molecule has 2 N–H and O–H groups in total. The number of hydrogen-bond acceptors (Lipinski definition) is 3. The summed E-state index contributed by atoms with van der Waals surface area (Å²) >= 11 is 0. The Balaban J connectivity index is 0.000001000. The Morgan fingerprint density at radius 2 is 1.55 bits per heavy atom. The standard InChI is InChI=1S/C6H7O3Si.Na/c7-10(8,9)6-4-2-1-3-5-6;/h1-5,7-8H;/q-1;+1. The Kier molecular flexibility index (Phi) is 4.49. The van der Waals surface area contributed by atoms with E-state index in [1.807, 2.05) is 0 Å². The molecule has 0 heterocycles. The van der Waals surface area contributed by atoms with Crippen molar-refractivity contribution in [1.29, 1.82) is 0 Å². The van der Waals surface area contributed by atoms with E-state index in [1.165, 1.54) is 12.1 Å². The van der Waals surface area contributed by atoms with Gasteiger partial charge in [0, 0.05) is 0 Å². The van der Waals surface area contributed by atoms with Crippen molar-refractivity contribution in [3.05, 3.63) is 30.3 Å². The number of benzene rings is 1. The Hall–Kier alpha value is 0.317. The fourth-order valence-electron chi connectivity index (χ4n) is 0.655. The van der Waals surface area contributed by atoms with E-state index in [-0.39, 0.29) is 34.7 Å². The van der Waals surface area contributed by atoms with Crippen LogP contribution in [0.5, 0.6) is 0 Å². The molecule has 5 heteroatoms. The van der Waals surface area contributed by atoms with Gasteiger partial charge in [-0.25, -0.2) is 0 Å². The van der Waals surface area contributed by atoms with Crippen molar-refractivity contribution in [2.24, 2.45) is 0 Å². The van der Waals surface area contributed by atoms with Crippen LogP contribution in [-0.4, -0.2) is 18.4 Å². The van der Waals surface area contributed by atoms with Gasteiger partial charge >= 0.3 is 29.6 Å². The van der Waals surface area contributed by atoms with Crippen LogP contribution in [0.15, 0.2) is 30.3 Å². The molecule has 0 saturated carbocycles. The molecule has 0 aliphatic heterocycles. The SMILES string of the molecule is [Na+].[O-][Si](O)(O)c1ccccc1. The molecule has 0 radical (unpaired) electrons. The van der Waals surface area contributed by atoms with E-state index < -0.39 is 8.80 Å². The van der Waals surface area contributed by atoms with Gasteiger partial charge in [0.25, 0.3) is 8.80 Å².